The van der Waals surface area contributed by atoms with Crippen molar-refractivity contribution in [3.05, 3.63) is 71.5 Å². The Balaban J connectivity index is 2.37. The summed E-state index contributed by atoms with van der Waals surface area (Å²) in [6, 6.07) is 16.9. The van der Waals surface area contributed by atoms with Gasteiger partial charge in [-0.15, -0.1) is 0 Å². The molecule has 2 atom stereocenters. The number of benzene rings is 2. The molecule has 0 aliphatic heterocycles. The van der Waals surface area contributed by atoms with Crippen molar-refractivity contribution in [2.75, 3.05) is 0 Å². The lowest BCUT2D eigenvalue weighted by Gasteiger charge is -2.24. The van der Waals surface area contributed by atoms with Crippen molar-refractivity contribution in [1.29, 1.82) is 0 Å². The van der Waals surface area contributed by atoms with Gasteiger partial charge in [0, 0.05) is 12.0 Å². The van der Waals surface area contributed by atoms with Gasteiger partial charge in [-0.1, -0.05) is 55.8 Å². The summed E-state index contributed by atoms with van der Waals surface area (Å²) in [5.74, 6) is -0.0821. The van der Waals surface area contributed by atoms with Crippen LogP contribution in [0.2, 0.25) is 0 Å². The molecule has 0 saturated carbocycles. The summed E-state index contributed by atoms with van der Waals surface area (Å²) in [7, 11) is 0. The number of rotatable bonds is 5. The van der Waals surface area contributed by atoms with E-state index in [9.17, 15) is 4.39 Å². The van der Waals surface area contributed by atoms with Crippen molar-refractivity contribution in [2.45, 2.75) is 31.7 Å². The van der Waals surface area contributed by atoms with Gasteiger partial charge in [-0.3, -0.25) is 0 Å². The van der Waals surface area contributed by atoms with E-state index in [1.165, 1.54) is 17.7 Å². The van der Waals surface area contributed by atoms with Gasteiger partial charge in [0.1, 0.15) is 5.82 Å². The molecule has 2 N–H and O–H groups in total. The number of hydrogen-bond acceptors (Lipinski definition) is 1. The van der Waals surface area contributed by atoms with Crippen LogP contribution in [0.3, 0.4) is 0 Å². The van der Waals surface area contributed by atoms with E-state index in [0.29, 0.717) is 0 Å². The van der Waals surface area contributed by atoms with Gasteiger partial charge >= 0.3 is 0 Å². The maximum Gasteiger partial charge on any atom is 0.123 e. The first-order valence-electron chi connectivity index (χ1n) is 6.78. The average molecular weight is 257 g/mol. The van der Waals surface area contributed by atoms with Gasteiger partial charge in [0.25, 0.3) is 0 Å². The molecule has 2 aromatic rings. The highest BCUT2D eigenvalue weighted by atomic mass is 19.1. The van der Waals surface area contributed by atoms with Gasteiger partial charge in [-0.05, 0) is 29.7 Å². The molecular formula is C17H20FN. The van der Waals surface area contributed by atoms with Gasteiger partial charge < -0.3 is 5.73 Å². The number of nitrogens with two attached hydrogens (primary N) is 1. The molecule has 0 aliphatic rings. The number of halogens is 1. The highest BCUT2D eigenvalue weighted by molar-refractivity contribution is 5.34. The predicted octanol–water partition coefficient (Wildman–Crippen LogP) is 4.09. The predicted molar refractivity (Wildman–Crippen MR) is 77.6 cm³/mol. The van der Waals surface area contributed by atoms with E-state index in [4.69, 9.17) is 5.73 Å². The van der Waals surface area contributed by atoms with E-state index in [1.54, 1.807) is 0 Å². The molecule has 0 saturated heterocycles. The summed E-state index contributed by atoms with van der Waals surface area (Å²) >= 11 is 0. The van der Waals surface area contributed by atoms with E-state index < -0.39 is 0 Å². The minimum absolute atomic E-state index is 0.0536. The third-order valence-corrected chi connectivity index (χ3v) is 3.44. The fourth-order valence-corrected chi connectivity index (χ4v) is 2.52. The van der Waals surface area contributed by atoms with Crippen molar-refractivity contribution >= 4 is 0 Å². The molecule has 1 nitrogen and oxygen atoms in total. The van der Waals surface area contributed by atoms with Gasteiger partial charge in [0.15, 0.2) is 0 Å². The monoisotopic (exact) mass is 257 g/mol. The maximum absolute atomic E-state index is 13.1. The van der Waals surface area contributed by atoms with Gasteiger partial charge in [-0.25, -0.2) is 4.39 Å². The minimum atomic E-state index is -0.209. The van der Waals surface area contributed by atoms with Crippen LogP contribution in [0.5, 0.6) is 0 Å². The summed E-state index contributed by atoms with van der Waals surface area (Å²) in [5.41, 5.74) is 8.60. The van der Waals surface area contributed by atoms with E-state index in [0.717, 1.165) is 18.4 Å². The molecule has 2 heteroatoms. The van der Waals surface area contributed by atoms with Crippen LogP contribution in [0.4, 0.5) is 4.39 Å². The van der Waals surface area contributed by atoms with Crippen LogP contribution >= 0.6 is 0 Å². The molecule has 19 heavy (non-hydrogen) atoms. The molecular weight excluding hydrogens is 237 g/mol. The first-order chi connectivity index (χ1) is 9.22. The molecule has 2 aromatic carbocycles. The summed E-state index contributed by atoms with van der Waals surface area (Å²) in [4.78, 5) is 0. The highest BCUT2D eigenvalue weighted by Crippen LogP contribution is 2.29. The van der Waals surface area contributed by atoms with E-state index in [2.05, 4.69) is 19.1 Å². The first kappa shape index (κ1) is 13.8. The Labute approximate surface area is 114 Å². The normalized spacial score (nSPS) is 14.1. The molecule has 0 radical (unpaired) electrons. The SMILES string of the molecule is CCCC(N)C(c1ccccc1)c1ccc(F)cc1. The molecule has 0 heterocycles. The quantitative estimate of drug-likeness (QED) is 0.858. The molecule has 0 spiro atoms. The van der Waals surface area contributed by atoms with Gasteiger partial charge in [-0.2, -0.15) is 0 Å². The zero-order valence-electron chi connectivity index (χ0n) is 11.2. The average Bonchev–Trinajstić information content (AvgIpc) is 2.43. The third kappa shape index (κ3) is 3.42. The fraction of sp³-hybridized carbons (Fsp3) is 0.294. The molecule has 0 amide bonds. The standard InChI is InChI=1S/C17H20FN/c1-2-6-16(19)17(13-7-4-3-5-8-13)14-9-11-15(18)12-10-14/h3-5,7-12,16-17H,2,6,19H2,1H3. The Bertz CT molecular complexity index is 492. The summed E-state index contributed by atoms with van der Waals surface area (Å²) in [5, 5.41) is 0. The molecule has 0 aromatic heterocycles. The van der Waals surface area contributed by atoms with Crippen LogP contribution in [0, 0.1) is 5.82 Å². The third-order valence-electron chi connectivity index (χ3n) is 3.44. The maximum atomic E-state index is 13.1. The molecule has 2 rings (SSSR count). The highest BCUT2D eigenvalue weighted by Gasteiger charge is 2.21. The zero-order valence-corrected chi connectivity index (χ0v) is 11.2. The summed E-state index contributed by atoms with van der Waals surface area (Å²) < 4.78 is 13.1. The van der Waals surface area contributed by atoms with Crippen molar-refractivity contribution in [2.24, 2.45) is 5.73 Å². The molecule has 2 unspecified atom stereocenters. The lowest BCUT2D eigenvalue weighted by molar-refractivity contribution is 0.542. The van der Waals surface area contributed by atoms with E-state index >= 15 is 0 Å². The van der Waals surface area contributed by atoms with Crippen molar-refractivity contribution < 1.29 is 4.39 Å². The second-order valence-corrected chi connectivity index (χ2v) is 4.89. The Morgan fingerprint density at radius 1 is 0.947 bits per heavy atom. The van der Waals surface area contributed by atoms with Gasteiger partial charge in [0.2, 0.25) is 0 Å². The van der Waals surface area contributed by atoms with Crippen molar-refractivity contribution in [3.8, 4) is 0 Å². The Hall–Kier alpha value is -1.67. The van der Waals surface area contributed by atoms with Crippen LogP contribution < -0.4 is 5.73 Å². The Kier molecular flexibility index (Phi) is 4.69. The largest absolute Gasteiger partial charge is 0.327 e. The second kappa shape index (κ2) is 6.48. The van der Waals surface area contributed by atoms with Gasteiger partial charge in [0.05, 0.1) is 0 Å². The van der Waals surface area contributed by atoms with Crippen molar-refractivity contribution in [3.63, 3.8) is 0 Å². The zero-order chi connectivity index (χ0) is 13.7. The smallest absolute Gasteiger partial charge is 0.123 e. The van der Waals surface area contributed by atoms with Crippen LogP contribution in [-0.4, -0.2) is 6.04 Å². The number of hydrogen-bond donors (Lipinski definition) is 1. The van der Waals surface area contributed by atoms with E-state index in [-0.39, 0.29) is 17.8 Å². The molecule has 0 fully saturated rings. The topological polar surface area (TPSA) is 26.0 Å². The van der Waals surface area contributed by atoms with Crippen LogP contribution in [-0.2, 0) is 0 Å². The van der Waals surface area contributed by atoms with Crippen LogP contribution in [0.15, 0.2) is 54.6 Å². The van der Waals surface area contributed by atoms with Crippen LogP contribution in [0.1, 0.15) is 36.8 Å². The lowest BCUT2D eigenvalue weighted by Crippen LogP contribution is -2.29. The summed E-state index contributed by atoms with van der Waals surface area (Å²) in [6.07, 6.45) is 2.00. The summed E-state index contributed by atoms with van der Waals surface area (Å²) in [6.45, 7) is 2.13. The minimum Gasteiger partial charge on any atom is -0.327 e. The van der Waals surface area contributed by atoms with Crippen LogP contribution in [0.25, 0.3) is 0 Å². The fourth-order valence-electron chi connectivity index (χ4n) is 2.52. The molecule has 100 valence electrons. The molecule has 0 bridgehead atoms. The Morgan fingerprint density at radius 2 is 1.53 bits per heavy atom. The first-order valence-corrected chi connectivity index (χ1v) is 6.78. The lowest BCUT2D eigenvalue weighted by atomic mass is 9.84. The Morgan fingerprint density at radius 3 is 2.11 bits per heavy atom. The molecule has 0 aliphatic carbocycles. The second-order valence-electron chi connectivity index (χ2n) is 4.89. The van der Waals surface area contributed by atoms with E-state index in [1.807, 2.05) is 30.3 Å². The van der Waals surface area contributed by atoms with Crippen molar-refractivity contribution in [1.82, 2.24) is 0 Å².